The van der Waals surface area contributed by atoms with Crippen LogP contribution in [0.1, 0.15) is 44.9 Å². The molecule has 6 nitrogen and oxygen atoms in total. The van der Waals surface area contributed by atoms with E-state index in [0.717, 1.165) is 31.7 Å². The standard InChI is InChI=1S/C15H26N2O4/c18-14(19)7-11-21-13-5-9-17(10-6-13)15(20)16-8-1-2-12-3-4-12/h12-13H,1-11H2,(H,16,20)(H,18,19). The molecule has 1 aliphatic carbocycles. The molecule has 0 aromatic heterocycles. The van der Waals surface area contributed by atoms with E-state index in [2.05, 4.69) is 5.32 Å². The van der Waals surface area contributed by atoms with Crippen LogP contribution in [0, 0.1) is 5.92 Å². The van der Waals surface area contributed by atoms with Gasteiger partial charge in [0.2, 0.25) is 0 Å². The third-order valence-corrected chi connectivity index (χ3v) is 4.16. The zero-order valence-electron chi connectivity index (χ0n) is 12.6. The third-order valence-electron chi connectivity index (χ3n) is 4.16. The maximum Gasteiger partial charge on any atom is 0.317 e. The van der Waals surface area contributed by atoms with Crippen molar-refractivity contribution < 1.29 is 19.4 Å². The molecule has 0 atom stereocenters. The highest BCUT2D eigenvalue weighted by molar-refractivity contribution is 5.74. The second-order valence-electron chi connectivity index (χ2n) is 6.02. The summed E-state index contributed by atoms with van der Waals surface area (Å²) in [5.41, 5.74) is 0. The molecule has 0 bridgehead atoms. The number of likely N-dealkylation sites (tertiary alicyclic amines) is 1. The number of piperidine rings is 1. The van der Waals surface area contributed by atoms with Crippen LogP contribution in [0.15, 0.2) is 0 Å². The Morgan fingerprint density at radius 3 is 2.52 bits per heavy atom. The Bertz CT molecular complexity index is 350. The number of hydrogen-bond acceptors (Lipinski definition) is 3. The summed E-state index contributed by atoms with van der Waals surface area (Å²) in [6.45, 7) is 2.40. The van der Waals surface area contributed by atoms with Crippen molar-refractivity contribution in [2.45, 2.75) is 51.0 Å². The summed E-state index contributed by atoms with van der Waals surface area (Å²) in [6, 6.07) is 0.0229. The second-order valence-corrected chi connectivity index (χ2v) is 6.02. The van der Waals surface area contributed by atoms with E-state index in [4.69, 9.17) is 9.84 Å². The summed E-state index contributed by atoms with van der Waals surface area (Å²) in [5.74, 6) is 0.0820. The summed E-state index contributed by atoms with van der Waals surface area (Å²) in [5, 5.41) is 11.5. The first-order valence-corrected chi connectivity index (χ1v) is 8.01. The largest absolute Gasteiger partial charge is 0.481 e. The Morgan fingerprint density at radius 1 is 1.19 bits per heavy atom. The first kappa shape index (κ1) is 16.1. The number of nitrogens with zero attached hydrogens (tertiary/aromatic N) is 1. The molecule has 0 aromatic carbocycles. The number of carboxylic acid groups (broad SMARTS) is 1. The fraction of sp³-hybridized carbons (Fsp3) is 0.867. The number of hydrogen-bond donors (Lipinski definition) is 2. The summed E-state index contributed by atoms with van der Waals surface area (Å²) >= 11 is 0. The average molecular weight is 298 g/mol. The van der Waals surface area contributed by atoms with Crippen molar-refractivity contribution in [3.8, 4) is 0 Å². The van der Waals surface area contributed by atoms with Gasteiger partial charge in [-0.3, -0.25) is 4.79 Å². The van der Waals surface area contributed by atoms with Crippen molar-refractivity contribution in [3.63, 3.8) is 0 Å². The minimum atomic E-state index is -0.835. The summed E-state index contributed by atoms with van der Waals surface area (Å²) < 4.78 is 5.51. The van der Waals surface area contributed by atoms with Gasteiger partial charge in [0.1, 0.15) is 0 Å². The maximum atomic E-state index is 12.0. The van der Waals surface area contributed by atoms with Crippen LogP contribution in [0.5, 0.6) is 0 Å². The normalized spacial score (nSPS) is 19.5. The lowest BCUT2D eigenvalue weighted by Crippen LogP contribution is -2.46. The highest BCUT2D eigenvalue weighted by Crippen LogP contribution is 2.33. The predicted molar refractivity (Wildman–Crippen MR) is 78.2 cm³/mol. The van der Waals surface area contributed by atoms with Crippen LogP contribution < -0.4 is 5.32 Å². The van der Waals surface area contributed by atoms with Crippen molar-refractivity contribution in [2.24, 2.45) is 5.92 Å². The van der Waals surface area contributed by atoms with Gasteiger partial charge in [0.25, 0.3) is 0 Å². The Hall–Kier alpha value is -1.30. The van der Waals surface area contributed by atoms with Gasteiger partial charge in [-0.2, -0.15) is 0 Å². The lowest BCUT2D eigenvalue weighted by molar-refractivity contribution is -0.138. The van der Waals surface area contributed by atoms with Gasteiger partial charge in [-0.1, -0.05) is 12.8 Å². The second kappa shape index (κ2) is 8.22. The Balaban J connectivity index is 1.52. The molecular formula is C15H26N2O4. The molecule has 1 heterocycles. The van der Waals surface area contributed by atoms with Gasteiger partial charge >= 0.3 is 12.0 Å². The lowest BCUT2D eigenvalue weighted by atomic mass is 10.1. The van der Waals surface area contributed by atoms with Gasteiger partial charge in [-0.05, 0) is 31.6 Å². The van der Waals surface area contributed by atoms with Crippen LogP contribution in [-0.4, -0.2) is 54.4 Å². The Labute approximate surface area is 125 Å². The molecule has 21 heavy (non-hydrogen) atoms. The Morgan fingerprint density at radius 2 is 1.90 bits per heavy atom. The molecule has 0 aromatic rings. The molecule has 2 rings (SSSR count). The van der Waals surface area contributed by atoms with Crippen LogP contribution in [0.25, 0.3) is 0 Å². The van der Waals surface area contributed by atoms with Gasteiger partial charge < -0.3 is 20.1 Å². The molecule has 2 aliphatic rings. The lowest BCUT2D eigenvalue weighted by Gasteiger charge is -2.31. The fourth-order valence-corrected chi connectivity index (χ4v) is 2.64. The van der Waals surface area contributed by atoms with Crippen LogP contribution in [0.2, 0.25) is 0 Å². The SMILES string of the molecule is O=C(O)CCOC1CCN(C(=O)NCCCC2CC2)CC1. The zero-order valence-corrected chi connectivity index (χ0v) is 12.6. The van der Waals surface area contributed by atoms with Crippen LogP contribution in [-0.2, 0) is 9.53 Å². The first-order valence-electron chi connectivity index (χ1n) is 8.01. The van der Waals surface area contributed by atoms with Gasteiger partial charge in [0.15, 0.2) is 0 Å². The predicted octanol–water partition coefficient (Wildman–Crippen LogP) is 1.84. The molecule has 1 saturated carbocycles. The van der Waals surface area contributed by atoms with Crippen LogP contribution in [0.4, 0.5) is 4.79 Å². The molecule has 1 aliphatic heterocycles. The number of carbonyl (C=O) groups is 2. The molecule has 2 N–H and O–H groups in total. The third kappa shape index (κ3) is 6.33. The highest BCUT2D eigenvalue weighted by atomic mass is 16.5. The molecule has 0 spiro atoms. The number of urea groups is 1. The van der Waals surface area contributed by atoms with Gasteiger partial charge in [0.05, 0.1) is 19.1 Å². The van der Waals surface area contributed by atoms with E-state index in [9.17, 15) is 9.59 Å². The van der Waals surface area contributed by atoms with Crippen LogP contribution >= 0.6 is 0 Å². The number of amides is 2. The Kier molecular flexibility index (Phi) is 6.29. The maximum absolute atomic E-state index is 12.0. The van der Waals surface area contributed by atoms with Crippen molar-refractivity contribution in [1.82, 2.24) is 10.2 Å². The molecular weight excluding hydrogens is 272 g/mol. The smallest absolute Gasteiger partial charge is 0.317 e. The number of ether oxygens (including phenoxy) is 1. The molecule has 0 radical (unpaired) electrons. The topological polar surface area (TPSA) is 78.9 Å². The van der Waals surface area contributed by atoms with Crippen molar-refractivity contribution >= 4 is 12.0 Å². The quantitative estimate of drug-likeness (QED) is 0.670. The molecule has 0 unspecified atom stereocenters. The first-order chi connectivity index (χ1) is 10.1. The molecule has 6 heteroatoms. The molecule has 2 fully saturated rings. The van der Waals surface area contributed by atoms with Crippen LogP contribution in [0.3, 0.4) is 0 Å². The number of aliphatic carboxylic acids is 1. The van der Waals surface area contributed by atoms with Crippen molar-refractivity contribution in [1.29, 1.82) is 0 Å². The summed E-state index contributed by atoms with van der Waals surface area (Å²) in [6.07, 6.45) is 6.74. The number of carbonyl (C=O) groups excluding carboxylic acids is 1. The fourth-order valence-electron chi connectivity index (χ4n) is 2.64. The molecule has 120 valence electrons. The minimum Gasteiger partial charge on any atom is -0.481 e. The van der Waals surface area contributed by atoms with Gasteiger partial charge in [0, 0.05) is 19.6 Å². The number of nitrogens with one attached hydrogen (secondary N) is 1. The van der Waals surface area contributed by atoms with Crippen molar-refractivity contribution in [2.75, 3.05) is 26.2 Å². The number of rotatable bonds is 8. The minimum absolute atomic E-state index is 0.0229. The van der Waals surface area contributed by atoms with E-state index >= 15 is 0 Å². The van der Waals surface area contributed by atoms with E-state index in [1.165, 1.54) is 19.3 Å². The molecule has 1 saturated heterocycles. The van der Waals surface area contributed by atoms with Crippen molar-refractivity contribution in [3.05, 3.63) is 0 Å². The van der Waals surface area contributed by atoms with E-state index < -0.39 is 5.97 Å². The van der Waals surface area contributed by atoms with E-state index in [0.29, 0.717) is 13.1 Å². The van der Waals surface area contributed by atoms with Gasteiger partial charge in [-0.25, -0.2) is 4.79 Å². The zero-order chi connectivity index (χ0) is 15.1. The van der Waals surface area contributed by atoms with Gasteiger partial charge in [-0.15, -0.1) is 0 Å². The number of carboxylic acids is 1. The van der Waals surface area contributed by atoms with E-state index in [-0.39, 0.29) is 25.2 Å². The highest BCUT2D eigenvalue weighted by Gasteiger charge is 2.23. The average Bonchev–Trinajstić information content (AvgIpc) is 3.28. The monoisotopic (exact) mass is 298 g/mol. The summed E-state index contributed by atoms with van der Waals surface area (Å²) in [7, 11) is 0. The van der Waals surface area contributed by atoms with E-state index in [1.54, 1.807) is 0 Å². The van der Waals surface area contributed by atoms with E-state index in [1.807, 2.05) is 4.90 Å². The molecule has 2 amide bonds. The summed E-state index contributed by atoms with van der Waals surface area (Å²) in [4.78, 5) is 24.2.